The first-order valence-corrected chi connectivity index (χ1v) is 10.2. The lowest BCUT2D eigenvalue weighted by Gasteiger charge is -2.19. The number of hydrogen-bond donors (Lipinski definition) is 3. The Hall–Kier alpha value is -3.26. The second-order valence-corrected chi connectivity index (χ2v) is 7.89. The molecule has 1 saturated carbocycles. The molecular weight excluding hydrogens is 400 g/mol. The molecule has 2 aromatic heterocycles. The van der Waals surface area contributed by atoms with E-state index >= 15 is 0 Å². The number of aliphatic hydroxyl groups excluding tert-OH is 2. The third kappa shape index (κ3) is 3.67. The average molecular weight is 422 g/mol. The van der Waals surface area contributed by atoms with Gasteiger partial charge < -0.3 is 25.0 Å². The molecule has 10 heteroatoms. The monoisotopic (exact) mass is 422 g/mol. The van der Waals surface area contributed by atoms with E-state index in [1.807, 2.05) is 12.1 Å². The van der Waals surface area contributed by atoms with Crippen molar-refractivity contribution in [2.24, 2.45) is 0 Å². The summed E-state index contributed by atoms with van der Waals surface area (Å²) in [5, 5.41) is 33.0. The molecule has 10 nitrogen and oxygen atoms in total. The van der Waals surface area contributed by atoms with Gasteiger partial charge in [0.05, 0.1) is 17.7 Å². The van der Waals surface area contributed by atoms with Gasteiger partial charge in [-0.2, -0.15) is 10.2 Å². The Labute approximate surface area is 178 Å². The van der Waals surface area contributed by atoms with Crippen molar-refractivity contribution in [1.82, 2.24) is 19.5 Å². The highest BCUT2D eigenvalue weighted by Crippen LogP contribution is 2.37. The van der Waals surface area contributed by atoms with E-state index in [0.717, 1.165) is 18.4 Å². The lowest BCUT2D eigenvalue weighted by molar-refractivity contribution is -0.0287. The summed E-state index contributed by atoms with van der Waals surface area (Å²) in [6.07, 6.45) is -0.0573. The fourth-order valence-electron chi connectivity index (χ4n) is 3.61. The summed E-state index contributed by atoms with van der Waals surface area (Å²) in [5.41, 5.74) is 2.34. The fraction of sp³-hybridized carbons (Fsp3) is 0.429. The van der Waals surface area contributed by atoms with Crippen LogP contribution in [-0.4, -0.2) is 54.1 Å². The third-order valence-corrected chi connectivity index (χ3v) is 5.54. The molecule has 1 saturated heterocycles. The maximum absolute atomic E-state index is 10.5. The van der Waals surface area contributed by atoms with Crippen molar-refractivity contribution in [2.75, 3.05) is 5.32 Å². The fourth-order valence-corrected chi connectivity index (χ4v) is 3.61. The molecule has 2 aliphatic rings. The quantitative estimate of drug-likeness (QED) is 0.539. The van der Waals surface area contributed by atoms with Gasteiger partial charge in [0.2, 0.25) is 11.8 Å². The molecule has 5 rings (SSSR count). The molecular formula is C21H22N6O4. The van der Waals surface area contributed by atoms with Crippen LogP contribution in [0.4, 0.5) is 5.95 Å². The molecule has 4 atom stereocenters. The van der Waals surface area contributed by atoms with Crippen molar-refractivity contribution >= 4 is 17.1 Å². The minimum absolute atomic E-state index is 0.244. The summed E-state index contributed by atoms with van der Waals surface area (Å²) in [6, 6.07) is 9.48. The van der Waals surface area contributed by atoms with Crippen LogP contribution in [0.1, 0.15) is 37.1 Å². The predicted octanol–water partition coefficient (Wildman–Crippen LogP) is 1.49. The number of ether oxygens (including phenoxy) is 2. The van der Waals surface area contributed by atoms with Crippen molar-refractivity contribution in [3.63, 3.8) is 0 Å². The molecule has 3 N–H and O–H groups in total. The van der Waals surface area contributed by atoms with Gasteiger partial charge in [-0.1, -0.05) is 12.1 Å². The van der Waals surface area contributed by atoms with Crippen LogP contribution in [0.15, 0.2) is 30.6 Å². The molecule has 1 aliphatic carbocycles. The average Bonchev–Trinajstić information content (AvgIpc) is 3.48. The minimum Gasteiger partial charge on any atom is -0.471 e. The van der Waals surface area contributed by atoms with Gasteiger partial charge in [-0.3, -0.25) is 4.57 Å². The summed E-state index contributed by atoms with van der Waals surface area (Å²) >= 11 is 0. The molecule has 2 fully saturated rings. The standard InChI is InChI=1S/C21H22N6O4/c1-11-16(28)17(29)20(31-11)27-18-15(26-21(27)25-14-6-7-14)19(24-10-23-18)30-9-13-4-2-12(8-22)3-5-13/h2-5,10-11,14,16-17,20,28-29H,6-7,9H2,1H3,(H,25,26)/t11-,16-,17-,20-/m1/s1. The van der Waals surface area contributed by atoms with Crippen molar-refractivity contribution in [3.8, 4) is 11.9 Å². The Kier molecular flexibility index (Phi) is 4.94. The van der Waals surface area contributed by atoms with E-state index in [0.29, 0.717) is 34.6 Å². The van der Waals surface area contributed by atoms with Gasteiger partial charge in [0.15, 0.2) is 17.4 Å². The van der Waals surface area contributed by atoms with Crippen LogP contribution >= 0.6 is 0 Å². The number of fused-ring (bicyclic) bond motifs is 1. The van der Waals surface area contributed by atoms with Gasteiger partial charge in [-0.05, 0) is 37.5 Å². The summed E-state index contributed by atoms with van der Waals surface area (Å²) in [7, 11) is 0. The number of nitriles is 1. The number of nitrogens with zero attached hydrogens (tertiary/aromatic N) is 5. The Morgan fingerprint density at radius 1 is 1.23 bits per heavy atom. The maximum Gasteiger partial charge on any atom is 0.245 e. The van der Waals surface area contributed by atoms with Gasteiger partial charge >= 0.3 is 0 Å². The van der Waals surface area contributed by atoms with Crippen LogP contribution in [0.2, 0.25) is 0 Å². The van der Waals surface area contributed by atoms with Crippen LogP contribution in [-0.2, 0) is 11.3 Å². The number of aromatic nitrogens is 4. The highest BCUT2D eigenvalue weighted by atomic mass is 16.6. The molecule has 31 heavy (non-hydrogen) atoms. The first-order valence-electron chi connectivity index (χ1n) is 10.2. The topological polar surface area (TPSA) is 138 Å². The van der Waals surface area contributed by atoms with E-state index < -0.39 is 24.5 Å². The summed E-state index contributed by atoms with van der Waals surface area (Å²) < 4.78 is 13.4. The zero-order chi connectivity index (χ0) is 21.5. The molecule has 0 amide bonds. The number of aliphatic hydroxyl groups is 2. The van der Waals surface area contributed by atoms with Gasteiger partial charge in [0.1, 0.15) is 25.1 Å². The van der Waals surface area contributed by atoms with Crippen molar-refractivity contribution in [3.05, 3.63) is 41.7 Å². The number of rotatable bonds is 6. The second kappa shape index (κ2) is 7.77. The molecule has 0 radical (unpaired) electrons. The predicted molar refractivity (Wildman–Crippen MR) is 109 cm³/mol. The lowest BCUT2D eigenvalue weighted by atomic mass is 10.1. The highest BCUT2D eigenvalue weighted by Gasteiger charge is 2.43. The Morgan fingerprint density at radius 3 is 2.65 bits per heavy atom. The van der Waals surface area contributed by atoms with E-state index in [1.54, 1.807) is 23.6 Å². The first-order chi connectivity index (χ1) is 15.0. The van der Waals surface area contributed by atoms with E-state index in [1.165, 1.54) is 6.33 Å². The van der Waals surface area contributed by atoms with E-state index in [-0.39, 0.29) is 6.61 Å². The number of hydrogen-bond acceptors (Lipinski definition) is 9. The molecule has 0 unspecified atom stereocenters. The molecule has 0 spiro atoms. The number of nitrogens with one attached hydrogen (secondary N) is 1. The number of imidazole rings is 1. The summed E-state index contributed by atoms with van der Waals surface area (Å²) in [4.78, 5) is 13.2. The van der Waals surface area contributed by atoms with Gasteiger partial charge in [0.25, 0.3) is 0 Å². The van der Waals surface area contributed by atoms with Crippen LogP contribution in [0.3, 0.4) is 0 Å². The Balaban J connectivity index is 1.49. The van der Waals surface area contributed by atoms with Crippen molar-refractivity contribution < 1.29 is 19.7 Å². The smallest absolute Gasteiger partial charge is 0.245 e. The second-order valence-electron chi connectivity index (χ2n) is 7.89. The summed E-state index contributed by atoms with van der Waals surface area (Å²) in [6.45, 7) is 1.95. The normalized spacial score (nSPS) is 25.5. The van der Waals surface area contributed by atoms with Gasteiger partial charge in [-0.15, -0.1) is 0 Å². The molecule has 1 aromatic carbocycles. The van der Waals surface area contributed by atoms with E-state index in [4.69, 9.17) is 14.7 Å². The Bertz CT molecular complexity index is 1140. The Morgan fingerprint density at radius 2 is 2.00 bits per heavy atom. The first kappa shape index (κ1) is 19.7. The van der Waals surface area contributed by atoms with Crippen molar-refractivity contribution in [1.29, 1.82) is 5.26 Å². The minimum atomic E-state index is -1.12. The number of benzene rings is 1. The highest BCUT2D eigenvalue weighted by molar-refractivity contribution is 5.79. The van der Waals surface area contributed by atoms with Gasteiger partial charge in [-0.25, -0.2) is 9.97 Å². The van der Waals surface area contributed by atoms with Crippen LogP contribution in [0, 0.1) is 11.3 Å². The summed E-state index contributed by atoms with van der Waals surface area (Å²) in [5.74, 6) is 0.791. The van der Waals surface area contributed by atoms with Crippen LogP contribution in [0.25, 0.3) is 11.2 Å². The molecule has 3 aromatic rings. The molecule has 3 heterocycles. The van der Waals surface area contributed by atoms with Crippen molar-refractivity contribution in [2.45, 2.75) is 57.0 Å². The lowest BCUT2D eigenvalue weighted by Crippen LogP contribution is -2.31. The zero-order valence-electron chi connectivity index (χ0n) is 16.8. The third-order valence-electron chi connectivity index (χ3n) is 5.54. The van der Waals surface area contributed by atoms with E-state index in [2.05, 4.69) is 26.3 Å². The van der Waals surface area contributed by atoms with Crippen LogP contribution in [0.5, 0.6) is 5.88 Å². The molecule has 1 aliphatic heterocycles. The van der Waals surface area contributed by atoms with E-state index in [9.17, 15) is 10.2 Å². The molecule has 160 valence electrons. The number of anilines is 1. The maximum atomic E-state index is 10.5. The van der Waals surface area contributed by atoms with Gasteiger partial charge in [0, 0.05) is 6.04 Å². The molecule has 0 bridgehead atoms. The zero-order valence-corrected chi connectivity index (χ0v) is 16.8. The largest absolute Gasteiger partial charge is 0.471 e. The SMILES string of the molecule is C[C@H]1O[C@@H](n2c(NC3CC3)nc3c(OCc4ccc(C#N)cc4)ncnc32)[C@H](O)[C@@H]1O. The van der Waals surface area contributed by atoms with Crippen LogP contribution < -0.4 is 10.1 Å².